The van der Waals surface area contributed by atoms with Gasteiger partial charge < -0.3 is 10.1 Å². The number of thiophene rings is 1. The van der Waals surface area contributed by atoms with Gasteiger partial charge in [-0.15, -0.1) is 21.5 Å². The van der Waals surface area contributed by atoms with Crippen molar-refractivity contribution >= 4 is 39.6 Å². The molecule has 2 amide bonds. The summed E-state index contributed by atoms with van der Waals surface area (Å²) in [6.45, 7) is 0. The smallest absolute Gasteiger partial charge is 0.262 e. The molecule has 4 rings (SSSR count). The quantitative estimate of drug-likeness (QED) is 0.407. The minimum atomic E-state index is -0.764. The van der Waals surface area contributed by atoms with Crippen LogP contribution in [0.4, 0.5) is 5.13 Å². The summed E-state index contributed by atoms with van der Waals surface area (Å²) in [7, 11) is 1.61. The molecule has 0 spiro atoms. The molecule has 9 heteroatoms. The van der Waals surface area contributed by atoms with Gasteiger partial charge in [0.05, 0.1) is 12.0 Å². The second kappa shape index (κ2) is 10.2. The lowest BCUT2D eigenvalue weighted by Gasteiger charge is -2.17. The SMILES string of the molecule is COc1ccc(-c2nnc(NC(=O)C(Cc3ccccc3)NC(=O)c3cccs3)s2)cc1. The Balaban J connectivity index is 1.49. The first-order chi connectivity index (χ1) is 15.6. The fourth-order valence-electron chi connectivity index (χ4n) is 3.01. The topological polar surface area (TPSA) is 93.2 Å². The summed E-state index contributed by atoms with van der Waals surface area (Å²) in [6, 6.07) is 19.7. The molecule has 162 valence electrons. The molecule has 0 aliphatic carbocycles. The van der Waals surface area contributed by atoms with Crippen molar-refractivity contribution in [2.24, 2.45) is 0 Å². The van der Waals surface area contributed by atoms with Gasteiger partial charge >= 0.3 is 0 Å². The molecule has 2 aromatic heterocycles. The minimum absolute atomic E-state index is 0.285. The van der Waals surface area contributed by atoms with E-state index in [-0.39, 0.29) is 11.8 Å². The molecule has 0 fully saturated rings. The number of carbonyl (C=O) groups is 2. The zero-order valence-corrected chi connectivity index (χ0v) is 18.8. The van der Waals surface area contributed by atoms with Crippen LogP contribution in [-0.2, 0) is 11.2 Å². The van der Waals surface area contributed by atoms with Crippen molar-refractivity contribution < 1.29 is 14.3 Å². The highest BCUT2D eigenvalue weighted by Gasteiger charge is 2.23. The molecule has 0 saturated heterocycles. The molecule has 0 aliphatic heterocycles. The molecular weight excluding hydrogens is 444 g/mol. The number of carbonyl (C=O) groups excluding carboxylic acids is 2. The van der Waals surface area contributed by atoms with Crippen LogP contribution in [0, 0.1) is 0 Å². The zero-order chi connectivity index (χ0) is 22.3. The summed E-state index contributed by atoms with van der Waals surface area (Å²) >= 11 is 2.59. The summed E-state index contributed by atoms with van der Waals surface area (Å²) in [5, 5.41) is 16.8. The van der Waals surface area contributed by atoms with Crippen molar-refractivity contribution in [3.63, 3.8) is 0 Å². The number of aromatic nitrogens is 2. The van der Waals surface area contributed by atoms with Gasteiger partial charge in [-0.2, -0.15) is 0 Å². The number of hydrogen-bond acceptors (Lipinski definition) is 7. The first kappa shape index (κ1) is 21.7. The maximum atomic E-state index is 13.1. The van der Waals surface area contributed by atoms with Gasteiger partial charge in [0.2, 0.25) is 11.0 Å². The minimum Gasteiger partial charge on any atom is -0.497 e. The number of hydrogen-bond donors (Lipinski definition) is 2. The Morgan fingerprint density at radius 1 is 1.00 bits per heavy atom. The van der Waals surface area contributed by atoms with E-state index >= 15 is 0 Å². The Morgan fingerprint density at radius 2 is 1.78 bits per heavy atom. The Morgan fingerprint density at radius 3 is 2.47 bits per heavy atom. The van der Waals surface area contributed by atoms with Crippen molar-refractivity contribution in [3.8, 4) is 16.3 Å². The third-order valence-electron chi connectivity index (χ3n) is 4.64. The number of ether oxygens (including phenoxy) is 1. The molecule has 32 heavy (non-hydrogen) atoms. The third-order valence-corrected chi connectivity index (χ3v) is 6.40. The van der Waals surface area contributed by atoms with Crippen LogP contribution < -0.4 is 15.4 Å². The molecule has 4 aromatic rings. The average molecular weight is 465 g/mol. The molecule has 7 nitrogen and oxygen atoms in total. The summed E-state index contributed by atoms with van der Waals surface area (Å²) in [5.41, 5.74) is 1.81. The van der Waals surface area contributed by atoms with Crippen molar-refractivity contribution in [3.05, 3.63) is 82.6 Å². The van der Waals surface area contributed by atoms with Gasteiger partial charge in [-0.05, 0) is 41.3 Å². The van der Waals surface area contributed by atoms with Crippen LogP contribution in [0.5, 0.6) is 5.75 Å². The van der Waals surface area contributed by atoms with E-state index in [2.05, 4.69) is 20.8 Å². The fourth-order valence-corrected chi connectivity index (χ4v) is 4.39. The largest absolute Gasteiger partial charge is 0.497 e. The highest BCUT2D eigenvalue weighted by Crippen LogP contribution is 2.28. The van der Waals surface area contributed by atoms with Crippen molar-refractivity contribution in [2.75, 3.05) is 12.4 Å². The molecule has 1 unspecified atom stereocenters. The molecule has 0 bridgehead atoms. The van der Waals surface area contributed by atoms with Gasteiger partial charge in [-0.25, -0.2) is 0 Å². The number of nitrogens with one attached hydrogen (secondary N) is 2. The summed E-state index contributed by atoms with van der Waals surface area (Å²) in [6.07, 6.45) is 0.355. The normalized spacial score (nSPS) is 11.5. The van der Waals surface area contributed by atoms with E-state index in [0.717, 1.165) is 16.9 Å². The predicted molar refractivity (Wildman–Crippen MR) is 126 cm³/mol. The van der Waals surface area contributed by atoms with E-state index in [1.807, 2.05) is 60.0 Å². The van der Waals surface area contributed by atoms with Crippen molar-refractivity contribution in [2.45, 2.75) is 12.5 Å². The lowest BCUT2D eigenvalue weighted by atomic mass is 10.1. The van der Waals surface area contributed by atoms with E-state index in [1.165, 1.54) is 22.7 Å². The lowest BCUT2D eigenvalue weighted by Crippen LogP contribution is -2.45. The van der Waals surface area contributed by atoms with E-state index in [4.69, 9.17) is 4.74 Å². The van der Waals surface area contributed by atoms with Gasteiger partial charge in [0.25, 0.3) is 5.91 Å². The van der Waals surface area contributed by atoms with Crippen LogP contribution in [-0.4, -0.2) is 35.2 Å². The van der Waals surface area contributed by atoms with Crippen LogP contribution >= 0.6 is 22.7 Å². The van der Waals surface area contributed by atoms with Gasteiger partial charge in [0, 0.05) is 12.0 Å². The number of benzene rings is 2. The number of methoxy groups -OCH3 is 1. The van der Waals surface area contributed by atoms with Gasteiger partial charge in [-0.3, -0.25) is 14.9 Å². The van der Waals surface area contributed by atoms with Gasteiger partial charge in [-0.1, -0.05) is 47.7 Å². The summed E-state index contributed by atoms with van der Waals surface area (Å²) < 4.78 is 5.17. The van der Waals surface area contributed by atoms with E-state index in [0.29, 0.717) is 21.4 Å². The first-order valence-corrected chi connectivity index (χ1v) is 11.5. The second-order valence-electron chi connectivity index (χ2n) is 6.82. The summed E-state index contributed by atoms with van der Waals surface area (Å²) in [4.78, 5) is 26.2. The van der Waals surface area contributed by atoms with E-state index in [9.17, 15) is 9.59 Å². The summed E-state index contributed by atoms with van der Waals surface area (Å²) in [5.74, 6) is 0.112. The van der Waals surface area contributed by atoms with Gasteiger partial charge in [0.15, 0.2) is 0 Å². The standard InChI is InChI=1S/C23H20N4O3S2/c1-30-17-11-9-16(10-12-17)22-26-27-23(32-22)25-20(28)18(14-15-6-3-2-4-7-15)24-21(29)19-8-5-13-31-19/h2-13,18H,14H2,1H3,(H,24,29)(H,25,27,28). The number of anilines is 1. The zero-order valence-electron chi connectivity index (χ0n) is 17.1. The van der Waals surface area contributed by atoms with Crippen molar-refractivity contribution in [1.29, 1.82) is 0 Å². The van der Waals surface area contributed by atoms with Crippen LogP contribution in [0.25, 0.3) is 10.6 Å². The molecule has 0 radical (unpaired) electrons. The number of nitrogens with zero attached hydrogens (tertiary/aromatic N) is 2. The maximum absolute atomic E-state index is 13.1. The molecule has 2 N–H and O–H groups in total. The highest BCUT2D eigenvalue weighted by atomic mass is 32.1. The Labute approximate surface area is 193 Å². The van der Waals surface area contributed by atoms with Crippen molar-refractivity contribution in [1.82, 2.24) is 15.5 Å². The third kappa shape index (κ3) is 5.37. The highest BCUT2D eigenvalue weighted by molar-refractivity contribution is 7.18. The second-order valence-corrected chi connectivity index (χ2v) is 8.75. The molecular formula is C23H20N4O3S2. The Kier molecular flexibility index (Phi) is 6.88. The molecule has 2 heterocycles. The molecule has 0 aliphatic rings. The van der Waals surface area contributed by atoms with Crippen LogP contribution in [0.1, 0.15) is 15.2 Å². The lowest BCUT2D eigenvalue weighted by molar-refractivity contribution is -0.118. The van der Waals surface area contributed by atoms with E-state index in [1.54, 1.807) is 19.2 Å². The number of rotatable bonds is 8. The number of amides is 2. The molecule has 2 aromatic carbocycles. The fraction of sp³-hybridized carbons (Fsp3) is 0.130. The van der Waals surface area contributed by atoms with Crippen LogP contribution in [0.3, 0.4) is 0 Å². The van der Waals surface area contributed by atoms with Crippen LogP contribution in [0.2, 0.25) is 0 Å². The first-order valence-electron chi connectivity index (χ1n) is 9.79. The Bertz CT molecular complexity index is 1180. The monoisotopic (exact) mass is 464 g/mol. The molecule has 0 saturated carbocycles. The van der Waals surface area contributed by atoms with E-state index < -0.39 is 6.04 Å². The Hall–Kier alpha value is -3.56. The average Bonchev–Trinajstić information content (AvgIpc) is 3.52. The molecule has 1 atom stereocenters. The van der Waals surface area contributed by atoms with Crippen LogP contribution in [0.15, 0.2) is 72.1 Å². The maximum Gasteiger partial charge on any atom is 0.262 e. The van der Waals surface area contributed by atoms with Gasteiger partial charge in [0.1, 0.15) is 16.8 Å². The predicted octanol–water partition coefficient (Wildman–Crippen LogP) is 4.26.